The molecular weight excluding hydrogens is 414 g/mol. The molecule has 8 nitrogen and oxygen atoms in total. The predicted molar refractivity (Wildman–Crippen MR) is 120 cm³/mol. The van der Waals surface area contributed by atoms with E-state index in [9.17, 15) is 19.5 Å². The number of anilines is 1. The Morgan fingerprint density at radius 2 is 1.72 bits per heavy atom. The van der Waals surface area contributed by atoms with Gasteiger partial charge in [0.05, 0.1) is 18.8 Å². The van der Waals surface area contributed by atoms with Gasteiger partial charge in [-0.05, 0) is 56.9 Å². The first-order valence-corrected chi connectivity index (χ1v) is 10.6. The number of hydrogen-bond acceptors (Lipinski definition) is 6. The van der Waals surface area contributed by atoms with Crippen LogP contribution in [-0.4, -0.2) is 41.1 Å². The van der Waals surface area contributed by atoms with Crippen molar-refractivity contribution >= 4 is 23.3 Å². The molecule has 0 saturated carbocycles. The summed E-state index contributed by atoms with van der Waals surface area (Å²) in [6, 6.07) is 9.87. The Morgan fingerprint density at radius 1 is 1.00 bits per heavy atom. The smallest absolute Gasteiger partial charge is 0.394 e. The van der Waals surface area contributed by atoms with Gasteiger partial charge in [-0.15, -0.1) is 0 Å². The number of rotatable bonds is 12. The third-order valence-corrected chi connectivity index (χ3v) is 4.72. The number of nitrogens with one attached hydrogen (secondary N) is 1. The molecule has 1 amide bonds. The van der Waals surface area contributed by atoms with E-state index in [0.29, 0.717) is 47.9 Å². The molecule has 3 N–H and O–H groups in total. The highest BCUT2D eigenvalue weighted by atomic mass is 16.5. The van der Waals surface area contributed by atoms with Gasteiger partial charge < -0.3 is 25.0 Å². The Kier molecular flexibility index (Phi) is 9.53. The summed E-state index contributed by atoms with van der Waals surface area (Å²) in [5, 5.41) is 21.3. The van der Waals surface area contributed by atoms with Crippen LogP contribution in [0.25, 0.3) is 0 Å². The second kappa shape index (κ2) is 12.3. The number of ether oxygens (including phenoxy) is 2. The number of carbonyl (C=O) groups is 3. The molecule has 0 fully saturated rings. The summed E-state index contributed by atoms with van der Waals surface area (Å²) in [5.74, 6) is -1.69. The number of aromatic hydroxyl groups is 1. The fourth-order valence-electron chi connectivity index (χ4n) is 3.13. The van der Waals surface area contributed by atoms with Crippen LogP contribution in [0.2, 0.25) is 0 Å². The Hall–Kier alpha value is -3.55. The molecule has 2 aromatic carbocycles. The van der Waals surface area contributed by atoms with Gasteiger partial charge in [-0.25, -0.2) is 4.79 Å². The van der Waals surface area contributed by atoms with E-state index in [-0.39, 0.29) is 11.5 Å². The van der Waals surface area contributed by atoms with Gasteiger partial charge in [0, 0.05) is 17.3 Å². The van der Waals surface area contributed by atoms with Gasteiger partial charge in [-0.1, -0.05) is 19.4 Å². The molecule has 0 spiro atoms. The van der Waals surface area contributed by atoms with E-state index in [1.807, 2.05) is 6.92 Å². The van der Waals surface area contributed by atoms with Gasteiger partial charge >= 0.3 is 11.9 Å². The minimum absolute atomic E-state index is 0.00650. The lowest BCUT2D eigenvalue weighted by Gasteiger charge is -2.14. The summed E-state index contributed by atoms with van der Waals surface area (Å²) in [4.78, 5) is 33.5. The summed E-state index contributed by atoms with van der Waals surface area (Å²) < 4.78 is 11.5. The Balaban J connectivity index is 1.75. The summed E-state index contributed by atoms with van der Waals surface area (Å²) in [7, 11) is 0. The standard InChI is InChI=1S/C24H29NO7/c1-3-8-20-21(12-11-19(16(2)26)22(20)27)32-14-6-4-5-13-31-18-10-7-9-17(15-18)25-23(28)24(29)30/h7,9-12,15,27H,3-6,8,13-14H2,1-2H3,(H,25,28)(H,29,30). The number of carboxylic acid groups (broad SMARTS) is 1. The highest BCUT2D eigenvalue weighted by Gasteiger charge is 2.16. The first-order valence-electron chi connectivity index (χ1n) is 10.6. The molecule has 0 atom stereocenters. The topological polar surface area (TPSA) is 122 Å². The van der Waals surface area contributed by atoms with Gasteiger partial charge in [-0.3, -0.25) is 9.59 Å². The first kappa shape index (κ1) is 24.7. The number of phenolic OH excluding ortho intramolecular Hbond substituents is 1. The first-order chi connectivity index (χ1) is 15.3. The summed E-state index contributed by atoms with van der Waals surface area (Å²) in [6.07, 6.45) is 3.88. The van der Waals surface area contributed by atoms with Crippen LogP contribution < -0.4 is 14.8 Å². The monoisotopic (exact) mass is 443 g/mol. The van der Waals surface area contributed by atoms with E-state index < -0.39 is 11.9 Å². The minimum atomic E-state index is -1.55. The average molecular weight is 443 g/mol. The molecule has 0 saturated heterocycles. The number of unbranched alkanes of at least 4 members (excludes halogenated alkanes) is 2. The summed E-state index contributed by atoms with van der Waals surface area (Å²) >= 11 is 0. The van der Waals surface area contributed by atoms with E-state index >= 15 is 0 Å². The fraction of sp³-hybridized carbons (Fsp3) is 0.375. The van der Waals surface area contributed by atoms with Crippen molar-refractivity contribution in [3.05, 3.63) is 47.5 Å². The Morgan fingerprint density at radius 3 is 2.38 bits per heavy atom. The molecule has 0 aliphatic rings. The molecule has 0 aliphatic carbocycles. The van der Waals surface area contributed by atoms with Crippen LogP contribution in [0, 0.1) is 0 Å². The van der Waals surface area contributed by atoms with Crippen LogP contribution in [0.3, 0.4) is 0 Å². The molecule has 0 heterocycles. The number of aliphatic carboxylic acids is 1. The number of amides is 1. The molecule has 0 unspecified atom stereocenters. The molecule has 0 radical (unpaired) electrons. The van der Waals surface area contributed by atoms with Crippen LogP contribution >= 0.6 is 0 Å². The van der Waals surface area contributed by atoms with Crippen molar-refractivity contribution in [1.29, 1.82) is 0 Å². The summed E-state index contributed by atoms with van der Waals surface area (Å²) in [5.41, 5.74) is 1.33. The molecule has 0 bridgehead atoms. The van der Waals surface area contributed by atoms with E-state index in [4.69, 9.17) is 14.6 Å². The van der Waals surface area contributed by atoms with Gasteiger partial charge in [0.15, 0.2) is 5.78 Å². The van der Waals surface area contributed by atoms with Gasteiger partial charge in [-0.2, -0.15) is 0 Å². The number of phenols is 1. The number of benzene rings is 2. The lowest BCUT2D eigenvalue weighted by atomic mass is 10.0. The Labute approximate surface area is 187 Å². The normalized spacial score (nSPS) is 10.4. The lowest BCUT2D eigenvalue weighted by Crippen LogP contribution is -2.21. The molecule has 8 heteroatoms. The van der Waals surface area contributed by atoms with Crippen molar-refractivity contribution in [2.75, 3.05) is 18.5 Å². The van der Waals surface area contributed by atoms with Gasteiger partial charge in [0.1, 0.15) is 17.2 Å². The van der Waals surface area contributed by atoms with Crippen LogP contribution in [0.15, 0.2) is 36.4 Å². The Bertz CT molecular complexity index is 955. The predicted octanol–water partition coefficient (Wildman–Crippen LogP) is 4.20. The quantitative estimate of drug-likeness (QED) is 0.255. The van der Waals surface area contributed by atoms with Gasteiger partial charge in [0.25, 0.3) is 0 Å². The van der Waals surface area contributed by atoms with E-state index in [1.54, 1.807) is 36.4 Å². The SMILES string of the molecule is CCCc1c(OCCCCCOc2cccc(NC(=O)C(=O)O)c2)ccc(C(C)=O)c1O. The van der Waals surface area contributed by atoms with Crippen LogP contribution in [0.1, 0.15) is 55.5 Å². The number of hydrogen-bond donors (Lipinski definition) is 3. The van der Waals surface area contributed by atoms with Crippen LogP contribution in [0.4, 0.5) is 5.69 Å². The maximum atomic E-state index is 11.6. The van der Waals surface area contributed by atoms with E-state index in [0.717, 1.165) is 25.7 Å². The van der Waals surface area contributed by atoms with Crippen molar-refractivity contribution in [3.63, 3.8) is 0 Å². The highest BCUT2D eigenvalue weighted by Crippen LogP contribution is 2.33. The minimum Gasteiger partial charge on any atom is -0.507 e. The zero-order chi connectivity index (χ0) is 23.5. The summed E-state index contributed by atoms with van der Waals surface area (Å²) in [6.45, 7) is 4.37. The molecule has 2 rings (SSSR count). The maximum absolute atomic E-state index is 11.6. The zero-order valence-corrected chi connectivity index (χ0v) is 18.3. The third kappa shape index (κ3) is 7.30. The van der Waals surface area contributed by atoms with Crippen molar-refractivity contribution in [1.82, 2.24) is 0 Å². The third-order valence-electron chi connectivity index (χ3n) is 4.72. The van der Waals surface area contributed by atoms with E-state index in [1.165, 1.54) is 6.92 Å². The average Bonchev–Trinajstić information content (AvgIpc) is 2.75. The van der Waals surface area contributed by atoms with Gasteiger partial charge in [0.2, 0.25) is 0 Å². The maximum Gasteiger partial charge on any atom is 0.394 e. The van der Waals surface area contributed by atoms with Crippen molar-refractivity contribution < 1.29 is 34.1 Å². The van der Waals surface area contributed by atoms with Crippen molar-refractivity contribution in [3.8, 4) is 17.2 Å². The molecule has 2 aromatic rings. The molecule has 172 valence electrons. The van der Waals surface area contributed by atoms with Crippen molar-refractivity contribution in [2.45, 2.75) is 46.0 Å². The lowest BCUT2D eigenvalue weighted by molar-refractivity contribution is -0.147. The number of ketones is 1. The molecule has 32 heavy (non-hydrogen) atoms. The number of carbonyl (C=O) groups excluding carboxylic acids is 2. The molecule has 0 aromatic heterocycles. The molecular formula is C24H29NO7. The van der Waals surface area contributed by atoms with Crippen LogP contribution in [-0.2, 0) is 16.0 Å². The second-order valence-electron chi connectivity index (χ2n) is 7.29. The van der Waals surface area contributed by atoms with E-state index in [2.05, 4.69) is 5.32 Å². The van der Waals surface area contributed by atoms with Crippen molar-refractivity contribution in [2.24, 2.45) is 0 Å². The number of Topliss-reactive ketones (excluding diaryl/α,β-unsaturated/α-hetero) is 1. The molecule has 0 aliphatic heterocycles. The highest BCUT2D eigenvalue weighted by molar-refractivity contribution is 6.36. The zero-order valence-electron chi connectivity index (χ0n) is 18.3. The largest absolute Gasteiger partial charge is 0.507 e. The fourth-order valence-corrected chi connectivity index (χ4v) is 3.13. The second-order valence-corrected chi connectivity index (χ2v) is 7.29. The van der Waals surface area contributed by atoms with Crippen LogP contribution in [0.5, 0.6) is 17.2 Å². The number of carboxylic acids is 1.